The third-order valence-corrected chi connectivity index (χ3v) is 4.29. The van der Waals surface area contributed by atoms with E-state index in [-0.39, 0.29) is 0 Å². The van der Waals surface area contributed by atoms with Crippen LogP contribution in [0.1, 0.15) is 11.5 Å². The second-order valence-corrected chi connectivity index (χ2v) is 6.12. The Bertz CT molecular complexity index is 832. The van der Waals surface area contributed by atoms with E-state index in [4.69, 9.17) is 0 Å². The Morgan fingerprint density at radius 3 is 2.32 bits per heavy atom. The van der Waals surface area contributed by atoms with Crippen molar-refractivity contribution in [1.82, 2.24) is 30.2 Å². The number of para-hydroxylation sites is 1. The largest absolute Gasteiger partial charge is 0.353 e. The van der Waals surface area contributed by atoms with Gasteiger partial charge in [0.25, 0.3) is 0 Å². The number of aryl methyl sites for hydroxylation is 2. The molecule has 2 aromatic heterocycles. The molecule has 8 heteroatoms. The fourth-order valence-electron chi connectivity index (χ4n) is 3.11. The van der Waals surface area contributed by atoms with Crippen molar-refractivity contribution in [2.75, 3.05) is 36.0 Å². The van der Waals surface area contributed by atoms with Crippen LogP contribution in [0.5, 0.6) is 0 Å². The summed E-state index contributed by atoms with van der Waals surface area (Å²) < 4.78 is 1.79. The minimum Gasteiger partial charge on any atom is -0.353 e. The Hall–Kier alpha value is -3.03. The van der Waals surface area contributed by atoms with Gasteiger partial charge in [-0.25, -0.2) is 9.97 Å². The molecule has 1 fully saturated rings. The highest BCUT2D eigenvalue weighted by Gasteiger charge is 2.23. The van der Waals surface area contributed by atoms with Gasteiger partial charge in [0.05, 0.1) is 5.69 Å². The van der Waals surface area contributed by atoms with Crippen molar-refractivity contribution in [3.05, 3.63) is 47.9 Å². The number of aromatic nitrogens is 6. The maximum absolute atomic E-state index is 4.56. The van der Waals surface area contributed by atoms with Crippen LogP contribution in [0.25, 0.3) is 5.69 Å². The van der Waals surface area contributed by atoms with Crippen LogP contribution in [0.4, 0.5) is 11.8 Å². The number of nitrogens with zero attached hydrogens (tertiary/aromatic N) is 8. The molecule has 4 rings (SSSR count). The Balaban J connectivity index is 1.51. The lowest BCUT2D eigenvalue weighted by atomic mass is 10.3. The molecule has 3 heterocycles. The highest BCUT2D eigenvalue weighted by molar-refractivity contribution is 5.45. The average Bonchev–Trinajstić information content (AvgIpc) is 3.11. The number of hydrogen-bond donors (Lipinski definition) is 0. The average molecular weight is 336 g/mol. The fourth-order valence-corrected chi connectivity index (χ4v) is 3.11. The molecule has 0 amide bonds. The summed E-state index contributed by atoms with van der Waals surface area (Å²) in [7, 11) is 0. The molecule has 0 N–H and O–H groups in total. The molecule has 128 valence electrons. The SMILES string of the molecule is Cc1cc(N2CCN(c3nnnn3-c3ccccc3)CC2)nc(C)n1. The van der Waals surface area contributed by atoms with Crippen LogP contribution in [0.3, 0.4) is 0 Å². The van der Waals surface area contributed by atoms with E-state index in [9.17, 15) is 0 Å². The number of tetrazole rings is 1. The second-order valence-electron chi connectivity index (χ2n) is 6.12. The van der Waals surface area contributed by atoms with E-state index in [1.54, 1.807) is 4.68 Å². The summed E-state index contributed by atoms with van der Waals surface area (Å²) in [5.74, 6) is 2.58. The van der Waals surface area contributed by atoms with Crippen molar-refractivity contribution in [2.24, 2.45) is 0 Å². The molecule has 0 unspecified atom stereocenters. The minimum absolute atomic E-state index is 0.779. The Morgan fingerprint density at radius 2 is 1.60 bits per heavy atom. The molecule has 0 radical (unpaired) electrons. The van der Waals surface area contributed by atoms with E-state index < -0.39 is 0 Å². The molecule has 0 spiro atoms. The molecule has 0 aliphatic carbocycles. The molecule has 8 nitrogen and oxygen atoms in total. The van der Waals surface area contributed by atoms with Crippen LogP contribution >= 0.6 is 0 Å². The standard InChI is InChI=1S/C17H20N8/c1-13-12-16(19-14(2)18-13)23-8-10-24(11-9-23)17-20-21-22-25(17)15-6-4-3-5-7-15/h3-7,12H,8-11H2,1-2H3. The normalized spacial score (nSPS) is 14.8. The van der Waals surface area contributed by atoms with E-state index in [0.29, 0.717) is 0 Å². The van der Waals surface area contributed by atoms with E-state index in [2.05, 4.69) is 35.3 Å². The van der Waals surface area contributed by atoms with Crippen LogP contribution in [-0.4, -0.2) is 56.4 Å². The highest BCUT2D eigenvalue weighted by Crippen LogP contribution is 2.20. The Kier molecular flexibility index (Phi) is 4.01. The third kappa shape index (κ3) is 3.15. The molecule has 1 saturated heterocycles. The number of benzene rings is 1. The maximum Gasteiger partial charge on any atom is 0.250 e. The predicted molar refractivity (Wildman–Crippen MR) is 95.1 cm³/mol. The second kappa shape index (κ2) is 6.46. The molecular formula is C17H20N8. The van der Waals surface area contributed by atoms with Crippen molar-refractivity contribution >= 4 is 11.8 Å². The summed E-state index contributed by atoms with van der Waals surface area (Å²) in [6.45, 7) is 7.36. The maximum atomic E-state index is 4.56. The highest BCUT2D eigenvalue weighted by atomic mass is 15.6. The van der Waals surface area contributed by atoms with Gasteiger partial charge in [0.2, 0.25) is 5.95 Å². The van der Waals surface area contributed by atoms with Crippen molar-refractivity contribution < 1.29 is 0 Å². The van der Waals surface area contributed by atoms with Crippen LogP contribution in [0.2, 0.25) is 0 Å². The van der Waals surface area contributed by atoms with E-state index in [1.165, 1.54) is 0 Å². The first kappa shape index (κ1) is 15.5. The van der Waals surface area contributed by atoms with E-state index >= 15 is 0 Å². The fraction of sp³-hybridized carbons (Fsp3) is 0.353. The van der Waals surface area contributed by atoms with Gasteiger partial charge < -0.3 is 9.80 Å². The summed E-state index contributed by atoms with van der Waals surface area (Å²) in [6.07, 6.45) is 0. The summed E-state index contributed by atoms with van der Waals surface area (Å²) in [5.41, 5.74) is 1.96. The quantitative estimate of drug-likeness (QED) is 0.715. The number of anilines is 2. The summed E-state index contributed by atoms with van der Waals surface area (Å²) in [6, 6.07) is 12.0. The Morgan fingerprint density at radius 1 is 0.880 bits per heavy atom. The predicted octanol–water partition coefficient (Wildman–Crippen LogP) is 1.40. The molecule has 1 aromatic carbocycles. The zero-order chi connectivity index (χ0) is 17.2. The smallest absolute Gasteiger partial charge is 0.250 e. The molecule has 0 bridgehead atoms. The van der Waals surface area contributed by atoms with Crippen molar-refractivity contribution in [3.63, 3.8) is 0 Å². The zero-order valence-corrected chi connectivity index (χ0v) is 14.4. The first-order chi connectivity index (χ1) is 12.2. The van der Waals surface area contributed by atoms with Crippen molar-refractivity contribution in [2.45, 2.75) is 13.8 Å². The van der Waals surface area contributed by atoms with Gasteiger partial charge >= 0.3 is 0 Å². The van der Waals surface area contributed by atoms with Gasteiger partial charge in [-0.1, -0.05) is 23.3 Å². The molecule has 0 saturated carbocycles. The molecule has 1 aliphatic heterocycles. The molecule has 1 aliphatic rings. The van der Waals surface area contributed by atoms with Crippen molar-refractivity contribution in [1.29, 1.82) is 0 Å². The molecule has 3 aromatic rings. The van der Waals surface area contributed by atoms with Crippen LogP contribution in [0.15, 0.2) is 36.4 Å². The lowest BCUT2D eigenvalue weighted by Crippen LogP contribution is -2.47. The van der Waals surface area contributed by atoms with Gasteiger partial charge in [-0.05, 0) is 36.4 Å². The first-order valence-corrected chi connectivity index (χ1v) is 8.37. The number of hydrogen-bond acceptors (Lipinski definition) is 7. The molecule has 0 atom stereocenters. The molecule has 25 heavy (non-hydrogen) atoms. The van der Waals surface area contributed by atoms with Gasteiger partial charge in [0, 0.05) is 37.9 Å². The van der Waals surface area contributed by atoms with Crippen LogP contribution in [0, 0.1) is 13.8 Å². The lowest BCUT2D eigenvalue weighted by molar-refractivity contribution is 0.625. The summed E-state index contributed by atoms with van der Waals surface area (Å²) >= 11 is 0. The van der Waals surface area contributed by atoms with Gasteiger partial charge in [0.1, 0.15) is 11.6 Å². The topological polar surface area (TPSA) is 75.9 Å². The minimum atomic E-state index is 0.779. The van der Waals surface area contributed by atoms with Gasteiger partial charge in [-0.3, -0.25) is 0 Å². The monoisotopic (exact) mass is 336 g/mol. The number of piperazine rings is 1. The van der Waals surface area contributed by atoms with Crippen LogP contribution in [-0.2, 0) is 0 Å². The zero-order valence-electron chi connectivity index (χ0n) is 14.4. The van der Waals surface area contributed by atoms with Gasteiger partial charge in [0.15, 0.2) is 0 Å². The lowest BCUT2D eigenvalue weighted by Gasteiger charge is -2.35. The third-order valence-electron chi connectivity index (χ3n) is 4.29. The van der Waals surface area contributed by atoms with Crippen molar-refractivity contribution in [3.8, 4) is 5.69 Å². The number of rotatable bonds is 3. The summed E-state index contributed by atoms with van der Waals surface area (Å²) in [4.78, 5) is 13.4. The van der Waals surface area contributed by atoms with Crippen LogP contribution < -0.4 is 9.80 Å². The van der Waals surface area contributed by atoms with E-state index in [0.717, 1.165) is 55.2 Å². The Labute approximate surface area is 146 Å². The molecular weight excluding hydrogens is 316 g/mol. The summed E-state index contributed by atoms with van der Waals surface area (Å²) in [5, 5.41) is 12.2. The van der Waals surface area contributed by atoms with Gasteiger partial charge in [-0.2, -0.15) is 4.68 Å². The van der Waals surface area contributed by atoms with E-state index in [1.807, 2.05) is 50.2 Å². The first-order valence-electron chi connectivity index (χ1n) is 8.37. The van der Waals surface area contributed by atoms with Gasteiger partial charge in [-0.15, -0.1) is 0 Å².